The van der Waals surface area contributed by atoms with Gasteiger partial charge in [0.25, 0.3) is 0 Å². The third-order valence-electron chi connectivity index (χ3n) is 5.90. The molecule has 0 fully saturated rings. The fourth-order valence-electron chi connectivity index (χ4n) is 3.62. The normalized spacial score (nSPS) is 13.3. The molecule has 0 saturated heterocycles. The molecule has 2 aromatic carbocycles. The van der Waals surface area contributed by atoms with Crippen LogP contribution in [-0.4, -0.2) is 51.9 Å². The monoisotopic (exact) mass is 472 g/mol. The summed E-state index contributed by atoms with van der Waals surface area (Å²) in [6.07, 6.45) is -0.0920. The minimum atomic E-state index is -0.325. The first-order chi connectivity index (χ1) is 15.1. The van der Waals surface area contributed by atoms with Gasteiger partial charge in [-0.2, -0.15) is 0 Å². The lowest BCUT2D eigenvalue weighted by molar-refractivity contribution is -0.134. The number of phenolic OH excluding ortho intramolecular Hbond substituents is 2. The van der Waals surface area contributed by atoms with Crippen molar-refractivity contribution in [3.8, 4) is 11.5 Å². The maximum Gasteiger partial charge on any atom is 0.234 e. The van der Waals surface area contributed by atoms with Gasteiger partial charge in [-0.1, -0.05) is 71.9 Å². The van der Waals surface area contributed by atoms with Crippen molar-refractivity contribution in [2.75, 3.05) is 19.8 Å². The first-order valence-electron chi connectivity index (χ1n) is 11.4. The molecule has 1 atom stereocenters. The summed E-state index contributed by atoms with van der Waals surface area (Å²) in [6.45, 7) is 14.8. The van der Waals surface area contributed by atoms with E-state index >= 15 is 0 Å². The van der Waals surface area contributed by atoms with Crippen LogP contribution in [0.2, 0.25) is 0 Å². The zero-order valence-corrected chi connectivity index (χ0v) is 22.4. The van der Waals surface area contributed by atoms with Crippen molar-refractivity contribution in [2.45, 2.75) is 76.9 Å². The van der Waals surface area contributed by atoms with Crippen molar-refractivity contribution >= 4 is 17.7 Å². The van der Waals surface area contributed by atoms with Gasteiger partial charge in [-0.3, -0.25) is 9.69 Å². The van der Waals surface area contributed by atoms with Crippen LogP contribution in [-0.2, 0) is 22.2 Å². The van der Waals surface area contributed by atoms with E-state index in [1.165, 1.54) is 11.8 Å². The quantitative estimate of drug-likeness (QED) is 0.306. The summed E-state index contributed by atoms with van der Waals surface area (Å²) in [7, 11) is 3.91. The first-order valence-corrected chi connectivity index (χ1v) is 12.4. The van der Waals surface area contributed by atoms with Crippen LogP contribution in [0.5, 0.6) is 11.5 Å². The van der Waals surface area contributed by atoms with Gasteiger partial charge in [-0.15, -0.1) is 11.8 Å². The molecule has 2 N–H and O–H groups in total. The highest BCUT2D eigenvalue weighted by atomic mass is 32.2. The topological polar surface area (TPSA) is 64.0 Å². The van der Waals surface area contributed by atoms with Crippen molar-refractivity contribution in [1.82, 2.24) is 9.80 Å². The number of nitrogens with zero attached hydrogens (tertiary/aromatic N) is 2. The van der Waals surface area contributed by atoms with Gasteiger partial charge in [0.15, 0.2) is 11.5 Å². The smallest absolute Gasteiger partial charge is 0.234 e. The molecule has 5 nitrogen and oxygen atoms in total. The number of amides is 1. The molecule has 0 heterocycles. The number of benzene rings is 2. The third-order valence-corrected chi connectivity index (χ3v) is 6.99. The van der Waals surface area contributed by atoms with Crippen molar-refractivity contribution in [3.63, 3.8) is 0 Å². The van der Waals surface area contributed by atoms with E-state index in [2.05, 4.69) is 20.8 Å². The predicted octanol–water partition coefficient (Wildman–Crippen LogP) is 5.72. The van der Waals surface area contributed by atoms with E-state index in [0.717, 1.165) is 11.1 Å². The molecular weight excluding hydrogens is 432 g/mol. The number of carbonyl (C=O) groups is 1. The number of hydrogen-bond donors (Lipinski definition) is 2. The Morgan fingerprint density at radius 3 is 1.97 bits per heavy atom. The van der Waals surface area contributed by atoms with Crippen LogP contribution in [0.4, 0.5) is 0 Å². The Balaban J connectivity index is 2.39. The Hall–Kier alpha value is -2.18. The first kappa shape index (κ1) is 27.1. The highest BCUT2D eigenvalue weighted by Gasteiger charge is 2.30. The zero-order valence-electron chi connectivity index (χ0n) is 21.6. The highest BCUT2D eigenvalue weighted by molar-refractivity contribution is 8.00. The van der Waals surface area contributed by atoms with Gasteiger partial charge in [0.1, 0.15) is 0 Å². The van der Waals surface area contributed by atoms with Gasteiger partial charge in [-0.05, 0) is 49.0 Å². The van der Waals surface area contributed by atoms with Crippen molar-refractivity contribution in [3.05, 3.63) is 53.1 Å². The van der Waals surface area contributed by atoms with Gasteiger partial charge in [0.2, 0.25) is 5.91 Å². The maximum atomic E-state index is 13.4. The van der Waals surface area contributed by atoms with E-state index in [0.29, 0.717) is 17.0 Å². The molecule has 0 bridgehead atoms. The largest absolute Gasteiger partial charge is 0.504 e. The SMILES string of the molecule is CC(N(C)C)N(Cc1ccccc1)C(=O)CSc1c(C(C)(C)C)cc(C(C)(C)C)c(O)c1O. The molecule has 2 rings (SSSR count). The van der Waals surface area contributed by atoms with Crippen molar-refractivity contribution in [2.24, 2.45) is 0 Å². The van der Waals surface area contributed by atoms with Gasteiger partial charge >= 0.3 is 0 Å². The summed E-state index contributed by atoms with van der Waals surface area (Å²) in [5.74, 6) is -0.104. The van der Waals surface area contributed by atoms with Crippen LogP contribution in [0.1, 0.15) is 65.2 Å². The lowest BCUT2D eigenvalue weighted by atomic mass is 9.80. The maximum absolute atomic E-state index is 13.4. The molecule has 0 aliphatic rings. The van der Waals surface area contributed by atoms with E-state index in [1.807, 2.05) is 88.0 Å². The molecule has 0 saturated carbocycles. The second-order valence-electron chi connectivity index (χ2n) is 10.9. The molecule has 182 valence electrons. The number of phenols is 2. The number of aromatic hydroxyl groups is 2. The third kappa shape index (κ3) is 6.67. The lowest BCUT2D eigenvalue weighted by Crippen LogP contribution is -2.46. The lowest BCUT2D eigenvalue weighted by Gasteiger charge is -2.34. The van der Waals surface area contributed by atoms with E-state index in [9.17, 15) is 15.0 Å². The fourth-order valence-corrected chi connectivity index (χ4v) is 4.81. The highest BCUT2D eigenvalue weighted by Crippen LogP contribution is 2.48. The van der Waals surface area contributed by atoms with Crippen LogP contribution in [0.3, 0.4) is 0 Å². The van der Waals surface area contributed by atoms with Gasteiger partial charge in [-0.25, -0.2) is 0 Å². The van der Waals surface area contributed by atoms with Crippen LogP contribution >= 0.6 is 11.8 Å². The van der Waals surface area contributed by atoms with Crippen molar-refractivity contribution in [1.29, 1.82) is 0 Å². The van der Waals surface area contributed by atoms with Crippen LogP contribution in [0.15, 0.2) is 41.3 Å². The summed E-state index contributed by atoms with van der Waals surface area (Å²) in [4.78, 5) is 17.8. The van der Waals surface area contributed by atoms with Gasteiger partial charge < -0.3 is 15.1 Å². The Kier molecular flexibility index (Phi) is 8.52. The Morgan fingerprint density at radius 2 is 1.48 bits per heavy atom. The summed E-state index contributed by atoms with van der Waals surface area (Å²) in [5.41, 5.74) is 2.10. The number of hydrogen-bond acceptors (Lipinski definition) is 5. The Labute approximate surface area is 203 Å². The molecule has 0 radical (unpaired) electrons. The number of carbonyl (C=O) groups excluding carboxylic acids is 1. The van der Waals surface area contributed by atoms with Crippen LogP contribution in [0.25, 0.3) is 0 Å². The number of rotatable bonds is 7. The second-order valence-corrected chi connectivity index (χ2v) is 11.9. The van der Waals surface area contributed by atoms with Crippen LogP contribution < -0.4 is 0 Å². The summed E-state index contributed by atoms with van der Waals surface area (Å²) >= 11 is 1.29. The summed E-state index contributed by atoms with van der Waals surface area (Å²) in [5, 5.41) is 21.7. The van der Waals surface area contributed by atoms with Gasteiger partial charge in [0, 0.05) is 12.1 Å². The zero-order chi connectivity index (χ0) is 25.1. The molecule has 1 amide bonds. The fraction of sp³-hybridized carbons (Fsp3) is 0.519. The van der Waals surface area contributed by atoms with Gasteiger partial charge in [0.05, 0.1) is 16.8 Å². The molecule has 1 unspecified atom stereocenters. The van der Waals surface area contributed by atoms with E-state index < -0.39 is 0 Å². The molecular formula is C27H40N2O3S. The molecule has 0 aliphatic heterocycles. The molecule has 33 heavy (non-hydrogen) atoms. The van der Waals surface area contributed by atoms with Crippen LogP contribution in [0, 0.1) is 0 Å². The minimum Gasteiger partial charge on any atom is -0.504 e. The summed E-state index contributed by atoms with van der Waals surface area (Å²) < 4.78 is 0. The molecule has 2 aromatic rings. The standard InChI is InChI=1S/C27H40N2O3S/c1-18(28(8)9)29(16-19-13-11-10-12-14-19)22(30)17-33-25-21(27(5,6)7)15-20(26(2,3)4)23(31)24(25)32/h10-15,18,31-32H,16-17H2,1-9H3. The predicted molar refractivity (Wildman–Crippen MR) is 138 cm³/mol. The Bertz CT molecular complexity index is 960. The molecule has 0 aromatic heterocycles. The van der Waals surface area contributed by atoms with E-state index in [1.54, 1.807) is 0 Å². The Morgan fingerprint density at radius 1 is 0.939 bits per heavy atom. The average molecular weight is 473 g/mol. The van der Waals surface area contributed by atoms with E-state index in [-0.39, 0.29) is 40.2 Å². The summed E-state index contributed by atoms with van der Waals surface area (Å²) in [6, 6.07) is 11.9. The van der Waals surface area contributed by atoms with Crippen molar-refractivity contribution < 1.29 is 15.0 Å². The second kappa shape index (κ2) is 10.4. The molecule has 0 spiro atoms. The minimum absolute atomic E-state index is 0.0244. The average Bonchev–Trinajstić information content (AvgIpc) is 2.71. The molecule has 0 aliphatic carbocycles. The number of thioether (sulfide) groups is 1. The molecule has 6 heteroatoms. The van der Waals surface area contributed by atoms with E-state index in [4.69, 9.17) is 0 Å².